The third kappa shape index (κ3) is 5.91. The zero-order valence-electron chi connectivity index (χ0n) is 15.2. The standard InChI is InChI=1S/C18H29N3O3.HI/c1-18(9-5-4-6-16(18)22)12-21-17(19)20-11-13-7-8-14(23-2)15(10-13)24-3;/h7-8,10,16,22H,4-6,9,11-12H2,1-3H3,(H3,19,20,21);1H. The summed E-state index contributed by atoms with van der Waals surface area (Å²) in [5, 5.41) is 13.4. The first-order valence-corrected chi connectivity index (χ1v) is 8.41. The molecule has 1 aromatic carbocycles. The van der Waals surface area contributed by atoms with Crippen LogP contribution in [0.1, 0.15) is 38.2 Å². The van der Waals surface area contributed by atoms with Crippen LogP contribution in [0.3, 0.4) is 0 Å². The third-order valence-corrected chi connectivity index (χ3v) is 4.83. The van der Waals surface area contributed by atoms with E-state index >= 15 is 0 Å². The van der Waals surface area contributed by atoms with Gasteiger partial charge in [-0.2, -0.15) is 0 Å². The number of guanidine groups is 1. The quantitative estimate of drug-likeness (QED) is 0.343. The number of halogens is 1. The molecule has 7 heteroatoms. The highest BCUT2D eigenvalue weighted by molar-refractivity contribution is 14.0. The van der Waals surface area contributed by atoms with Gasteiger partial charge < -0.3 is 25.6 Å². The number of hydrogen-bond acceptors (Lipinski definition) is 4. The number of benzene rings is 1. The summed E-state index contributed by atoms with van der Waals surface area (Å²) in [6.07, 6.45) is 3.83. The second kappa shape index (κ2) is 10.1. The topological polar surface area (TPSA) is 89.1 Å². The Morgan fingerprint density at radius 3 is 2.68 bits per heavy atom. The minimum atomic E-state index is -0.280. The van der Waals surface area contributed by atoms with Crippen LogP contribution in [-0.4, -0.2) is 37.9 Å². The molecular formula is C18H30IN3O3. The zero-order valence-corrected chi connectivity index (χ0v) is 17.6. The van der Waals surface area contributed by atoms with Crippen LogP contribution in [0.2, 0.25) is 0 Å². The van der Waals surface area contributed by atoms with Gasteiger partial charge in [-0.25, -0.2) is 4.99 Å². The highest BCUT2D eigenvalue weighted by Gasteiger charge is 2.35. The summed E-state index contributed by atoms with van der Waals surface area (Å²) in [6.45, 7) is 3.19. The summed E-state index contributed by atoms with van der Waals surface area (Å²) in [7, 11) is 3.22. The number of nitrogens with two attached hydrogens (primary N) is 1. The van der Waals surface area contributed by atoms with E-state index in [2.05, 4.69) is 17.2 Å². The minimum Gasteiger partial charge on any atom is -0.493 e. The zero-order chi connectivity index (χ0) is 17.6. The first-order chi connectivity index (χ1) is 11.5. The Hall–Kier alpha value is -1.22. The molecule has 4 N–H and O–H groups in total. The summed E-state index contributed by atoms with van der Waals surface area (Å²) in [6, 6.07) is 5.68. The van der Waals surface area contributed by atoms with E-state index in [1.54, 1.807) is 14.2 Å². The molecule has 2 unspecified atom stereocenters. The van der Waals surface area contributed by atoms with E-state index in [1.807, 2.05) is 18.2 Å². The van der Waals surface area contributed by atoms with Gasteiger partial charge in [-0.1, -0.05) is 25.8 Å². The Labute approximate surface area is 167 Å². The number of hydrogen-bond donors (Lipinski definition) is 3. The number of methoxy groups -OCH3 is 2. The van der Waals surface area contributed by atoms with Crippen LogP contribution >= 0.6 is 24.0 Å². The SMILES string of the molecule is COc1ccc(CN=C(N)NCC2(C)CCCCC2O)cc1OC.I. The Kier molecular flexibility index (Phi) is 8.78. The second-order valence-corrected chi connectivity index (χ2v) is 6.66. The Balaban J connectivity index is 0.00000312. The predicted octanol–water partition coefficient (Wildman–Crippen LogP) is 2.67. The van der Waals surface area contributed by atoms with Crippen LogP contribution in [0, 0.1) is 5.41 Å². The number of aliphatic imine (C=N–C) groups is 1. The molecule has 0 bridgehead atoms. The molecule has 0 spiro atoms. The van der Waals surface area contributed by atoms with Gasteiger partial charge in [0.15, 0.2) is 17.5 Å². The lowest BCUT2D eigenvalue weighted by Crippen LogP contribution is -2.47. The first kappa shape index (κ1) is 21.8. The molecule has 1 fully saturated rings. The highest BCUT2D eigenvalue weighted by Crippen LogP contribution is 2.35. The van der Waals surface area contributed by atoms with Gasteiger partial charge in [0.1, 0.15) is 0 Å². The summed E-state index contributed by atoms with van der Waals surface area (Å²) in [5.74, 6) is 1.76. The van der Waals surface area contributed by atoms with Crippen LogP contribution in [0.15, 0.2) is 23.2 Å². The lowest BCUT2D eigenvalue weighted by atomic mass is 9.73. The molecule has 1 aliphatic rings. The molecule has 0 saturated heterocycles. The number of nitrogens with one attached hydrogen (secondary N) is 1. The average molecular weight is 463 g/mol. The van der Waals surface area contributed by atoms with Crippen molar-refractivity contribution in [2.75, 3.05) is 20.8 Å². The van der Waals surface area contributed by atoms with E-state index in [9.17, 15) is 5.11 Å². The molecule has 0 heterocycles. The fourth-order valence-electron chi connectivity index (χ4n) is 3.09. The van der Waals surface area contributed by atoms with Gasteiger partial charge in [-0.15, -0.1) is 24.0 Å². The van der Waals surface area contributed by atoms with Crippen molar-refractivity contribution in [1.29, 1.82) is 0 Å². The van der Waals surface area contributed by atoms with Gasteiger partial charge in [-0.05, 0) is 30.5 Å². The van der Waals surface area contributed by atoms with Crippen molar-refractivity contribution >= 4 is 29.9 Å². The lowest BCUT2D eigenvalue weighted by Gasteiger charge is -2.38. The maximum atomic E-state index is 10.2. The van der Waals surface area contributed by atoms with Gasteiger partial charge >= 0.3 is 0 Å². The summed E-state index contributed by atoms with van der Waals surface area (Å²) >= 11 is 0. The molecule has 0 aromatic heterocycles. The second-order valence-electron chi connectivity index (χ2n) is 6.66. The van der Waals surface area contributed by atoms with Gasteiger partial charge in [0.2, 0.25) is 0 Å². The molecule has 2 rings (SSSR count). The summed E-state index contributed by atoms with van der Waals surface area (Å²) in [4.78, 5) is 4.37. The summed E-state index contributed by atoms with van der Waals surface area (Å²) in [5.41, 5.74) is 6.82. The van der Waals surface area contributed by atoms with E-state index in [-0.39, 0.29) is 35.5 Å². The van der Waals surface area contributed by atoms with Crippen molar-refractivity contribution < 1.29 is 14.6 Å². The van der Waals surface area contributed by atoms with E-state index in [4.69, 9.17) is 15.2 Å². The van der Waals surface area contributed by atoms with Gasteiger partial charge in [0.25, 0.3) is 0 Å². The van der Waals surface area contributed by atoms with Crippen molar-refractivity contribution in [3.05, 3.63) is 23.8 Å². The molecule has 142 valence electrons. The van der Waals surface area contributed by atoms with Gasteiger partial charge in [0.05, 0.1) is 26.9 Å². The maximum absolute atomic E-state index is 10.2. The molecule has 1 aromatic rings. The largest absolute Gasteiger partial charge is 0.493 e. The van der Waals surface area contributed by atoms with Crippen LogP contribution < -0.4 is 20.5 Å². The van der Waals surface area contributed by atoms with E-state index < -0.39 is 0 Å². The number of ether oxygens (including phenoxy) is 2. The smallest absolute Gasteiger partial charge is 0.188 e. The Morgan fingerprint density at radius 1 is 1.32 bits per heavy atom. The summed E-state index contributed by atoms with van der Waals surface area (Å²) < 4.78 is 10.5. The van der Waals surface area contributed by atoms with Crippen molar-refractivity contribution in [3.8, 4) is 11.5 Å². The molecule has 0 aliphatic heterocycles. The average Bonchev–Trinajstić information content (AvgIpc) is 2.60. The molecule has 6 nitrogen and oxygen atoms in total. The Bertz CT molecular complexity index is 583. The highest BCUT2D eigenvalue weighted by atomic mass is 127. The number of aliphatic hydroxyl groups excluding tert-OH is 1. The fraction of sp³-hybridized carbons (Fsp3) is 0.611. The van der Waals surface area contributed by atoms with Crippen LogP contribution in [0.4, 0.5) is 0 Å². The van der Waals surface area contributed by atoms with Crippen molar-refractivity contribution in [1.82, 2.24) is 5.32 Å². The Morgan fingerprint density at radius 2 is 2.04 bits per heavy atom. The van der Waals surface area contributed by atoms with E-state index in [0.29, 0.717) is 30.5 Å². The van der Waals surface area contributed by atoms with Crippen molar-refractivity contribution in [2.45, 2.75) is 45.3 Å². The van der Waals surface area contributed by atoms with Crippen LogP contribution in [0.5, 0.6) is 11.5 Å². The van der Waals surface area contributed by atoms with Crippen molar-refractivity contribution in [3.63, 3.8) is 0 Å². The molecular weight excluding hydrogens is 433 g/mol. The van der Waals surface area contributed by atoms with E-state index in [1.165, 1.54) is 0 Å². The molecule has 1 saturated carbocycles. The van der Waals surface area contributed by atoms with Crippen LogP contribution in [0.25, 0.3) is 0 Å². The molecule has 1 aliphatic carbocycles. The maximum Gasteiger partial charge on any atom is 0.188 e. The van der Waals surface area contributed by atoms with Crippen LogP contribution in [-0.2, 0) is 6.54 Å². The molecule has 25 heavy (non-hydrogen) atoms. The number of nitrogens with zero attached hydrogens (tertiary/aromatic N) is 1. The molecule has 0 amide bonds. The third-order valence-electron chi connectivity index (χ3n) is 4.83. The normalized spacial score (nSPS) is 23.5. The van der Waals surface area contributed by atoms with Gasteiger partial charge in [0, 0.05) is 12.0 Å². The van der Waals surface area contributed by atoms with Gasteiger partial charge in [-0.3, -0.25) is 0 Å². The lowest BCUT2D eigenvalue weighted by molar-refractivity contribution is 0.00405. The van der Waals surface area contributed by atoms with E-state index in [0.717, 1.165) is 31.2 Å². The minimum absolute atomic E-state index is 0. The number of rotatable bonds is 6. The molecule has 2 atom stereocenters. The predicted molar refractivity (Wildman–Crippen MR) is 111 cm³/mol. The first-order valence-electron chi connectivity index (χ1n) is 8.41. The monoisotopic (exact) mass is 463 g/mol. The fourth-order valence-corrected chi connectivity index (χ4v) is 3.09. The molecule has 0 radical (unpaired) electrons. The van der Waals surface area contributed by atoms with Crippen molar-refractivity contribution in [2.24, 2.45) is 16.1 Å². The number of aliphatic hydroxyl groups is 1.